The highest BCUT2D eigenvalue weighted by atomic mass is 19.4. The van der Waals surface area contributed by atoms with Gasteiger partial charge in [-0.15, -0.1) is 0 Å². The van der Waals surface area contributed by atoms with E-state index in [1.165, 1.54) is 17.7 Å². The van der Waals surface area contributed by atoms with Crippen LogP contribution in [0.5, 0.6) is 11.6 Å². The number of alkyl halides is 3. The van der Waals surface area contributed by atoms with Crippen molar-refractivity contribution in [3.63, 3.8) is 0 Å². The van der Waals surface area contributed by atoms with E-state index in [1.54, 1.807) is 67.9 Å². The zero-order valence-electron chi connectivity index (χ0n) is 18.8. The van der Waals surface area contributed by atoms with Crippen molar-refractivity contribution < 1.29 is 22.6 Å². The summed E-state index contributed by atoms with van der Waals surface area (Å²) in [6.07, 6.45) is -2.93. The number of nitrogens with zero attached hydrogens (tertiary/aromatic N) is 3. The SMILES string of the molecule is CN=Cc1cc(-c2cc3ccc(OCC(F)(F)F)nc3n(-c3ccc(OC)cc3)c2=O)ccc1N. The Morgan fingerprint density at radius 1 is 1.09 bits per heavy atom. The largest absolute Gasteiger partial charge is 0.497 e. The summed E-state index contributed by atoms with van der Waals surface area (Å²) in [7, 11) is 3.13. The number of nitrogens with two attached hydrogens (primary N) is 1. The number of aliphatic imine (C=N–C) groups is 1. The number of nitrogen functional groups attached to an aromatic ring is 1. The highest BCUT2D eigenvalue weighted by molar-refractivity contribution is 5.90. The first-order valence-electron chi connectivity index (χ1n) is 10.4. The van der Waals surface area contributed by atoms with Gasteiger partial charge in [0.25, 0.3) is 5.56 Å². The van der Waals surface area contributed by atoms with Gasteiger partial charge in [-0.2, -0.15) is 18.2 Å². The number of halogens is 3. The van der Waals surface area contributed by atoms with Crippen LogP contribution in [-0.4, -0.2) is 42.7 Å². The summed E-state index contributed by atoms with van der Waals surface area (Å²) in [6.45, 7) is -1.50. The van der Waals surface area contributed by atoms with Crippen LogP contribution in [0.25, 0.3) is 27.8 Å². The Kier molecular flexibility index (Phi) is 6.46. The molecular formula is C25H21F3N4O3. The van der Waals surface area contributed by atoms with E-state index in [-0.39, 0.29) is 11.5 Å². The van der Waals surface area contributed by atoms with Gasteiger partial charge in [0.05, 0.1) is 12.8 Å². The van der Waals surface area contributed by atoms with E-state index < -0.39 is 18.3 Å². The molecular weight excluding hydrogens is 461 g/mol. The van der Waals surface area contributed by atoms with Gasteiger partial charge in [0, 0.05) is 41.5 Å². The minimum atomic E-state index is -4.52. The van der Waals surface area contributed by atoms with E-state index >= 15 is 0 Å². The lowest BCUT2D eigenvalue weighted by Gasteiger charge is -2.15. The summed E-state index contributed by atoms with van der Waals surface area (Å²) in [5.74, 6) is 0.324. The van der Waals surface area contributed by atoms with Crippen LogP contribution in [0.15, 0.2) is 70.5 Å². The minimum absolute atomic E-state index is 0.148. The van der Waals surface area contributed by atoms with Gasteiger partial charge in [-0.25, -0.2) is 0 Å². The van der Waals surface area contributed by atoms with E-state index in [9.17, 15) is 18.0 Å². The van der Waals surface area contributed by atoms with Crippen molar-refractivity contribution in [2.45, 2.75) is 6.18 Å². The molecule has 0 unspecified atom stereocenters. The summed E-state index contributed by atoms with van der Waals surface area (Å²) in [6, 6.07) is 16.3. The van der Waals surface area contributed by atoms with E-state index in [4.69, 9.17) is 15.2 Å². The van der Waals surface area contributed by atoms with Crippen LogP contribution in [0.4, 0.5) is 18.9 Å². The Morgan fingerprint density at radius 2 is 1.83 bits per heavy atom. The number of aromatic nitrogens is 2. The first kappa shape index (κ1) is 23.8. The highest BCUT2D eigenvalue weighted by Crippen LogP contribution is 2.27. The first-order chi connectivity index (χ1) is 16.7. The number of methoxy groups -OCH3 is 1. The molecule has 2 heterocycles. The molecule has 0 bridgehead atoms. The van der Waals surface area contributed by atoms with Crippen molar-refractivity contribution in [3.8, 4) is 28.4 Å². The number of pyridine rings is 2. The molecule has 2 aromatic carbocycles. The van der Waals surface area contributed by atoms with Crippen molar-refractivity contribution in [2.24, 2.45) is 4.99 Å². The molecule has 0 radical (unpaired) electrons. The maximum atomic E-state index is 13.7. The molecule has 180 valence electrons. The van der Waals surface area contributed by atoms with Crippen LogP contribution in [0, 0.1) is 0 Å². The number of hydrogen-bond donors (Lipinski definition) is 1. The molecule has 4 rings (SSSR count). The molecule has 2 aromatic heterocycles. The lowest BCUT2D eigenvalue weighted by atomic mass is 10.0. The molecule has 0 aliphatic heterocycles. The second kappa shape index (κ2) is 9.49. The summed E-state index contributed by atoms with van der Waals surface area (Å²) < 4.78 is 49.3. The maximum absolute atomic E-state index is 13.7. The van der Waals surface area contributed by atoms with Crippen molar-refractivity contribution >= 4 is 22.9 Å². The number of hydrogen-bond acceptors (Lipinski definition) is 6. The molecule has 0 saturated carbocycles. The molecule has 7 nitrogen and oxygen atoms in total. The zero-order chi connectivity index (χ0) is 25.2. The average Bonchev–Trinajstić information content (AvgIpc) is 2.83. The van der Waals surface area contributed by atoms with Gasteiger partial charge >= 0.3 is 6.18 Å². The van der Waals surface area contributed by atoms with Gasteiger partial charge in [-0.3, -0.25) is 14.4 Å². The molecule has 0 aliphatic carbocycles. The topological polar surface area (TPSA) is 91.7 Å². The molecule has 35 heavy (non-hydrogen) atoms. The molecule has 0 amide bonds. The molecule has 4 aromatic rings. The van der Waals surface area contributed by atoms with Crippen LogP contribution in [0.1, 0.15) is 5.56 Å². The Morgan fingerprint density at radius 3 is 2.49 bits per heavy atom. The number of anilines is 1. The van der Waals surface area contributed by atoms with Gasteiger partial charge in [-0.05, 0) is 54.1 Å². The third-order valence-electron chi connectivity index (χ3n) is 5.21. The molecule has 0 fully saturated rings. The van der Waals surface area contributed by atoms with Crippen LogP contribution in [-0.2, 0) is 0 Å². The van der Waals surface area contributed by atoms with E-state index in [0.717, 1.165) is 0 Å². The lowest BCUT2D eigenvalue weighted by Crippen LogP contribution is -2.22. The predicted molar refractivity (Wildman–Crippen MR) is 129 cm³/mol. The van der Waals surface area contributed by atoms with Gasteiger partial charge in [-0.1, -0.05) is 6.07 Å². The second-order valence-corrected chi connectivity index (χ2v) is 7.59. The fourth-order valence-electron chi connectivity index (χ4n) is 3.57. The van der Waals surface area contributed by atoms with Gasteiger partial charge < -0.3 is 15.2 Å². The standard InChI is InChI=1S/C25H21F3N4O3/c1-30-13-17-11-15(3-9-21(17)29)20-12-16-4-10-22(35-14-25(26,27)28)31-23(16)32(24(20)33)18-5-7-19(34-2)8-6-18/h3-13H,14,29H2,1-2H3. The Hall–Kier alpha value is -4.34. The van der Waals surface area contributed by atoms with Gasteiger partial charge in [0.2, 0.25) is 5.88 Å². The third kappa shape index (κ3) is 5.11. The lowest BCUT2D eigenvalue weighted by molar-refractivity contribution is -0.154. The fourth-order valence-corrected chi connectivity index (χ4v) is 3.57. The zero-order valence-corrected chi connectivity index (χ0v) is 18.8. The predicted octanol–water partition coefficient (Wildman–Crippen LogP) is 4.63. The van der Waals surface area contributed by atoms with E-state index in [0.29, 0.717) is 39.2 Å². The maximum Gasteiger partial charge on any atom is 0.422 e. The van der Waals surface area contributed by atoms with Gasteiger partial charge in [0.1, 0.15) is 5.75 Å². The number of benzene rings is 2. The quantitative estimate of drug-likeness (QED) is 0.320. The molecule has 10 heteroatoms. The molecule has 0 atom stereocenters. The smallest absolute Gasteiger partial charge is 0.422 e. The normalized spacial score (nSPS) is 11.8. The molecule has 0 spiro atoms. The highest BCUT2D eigenvalue weighted by Gasteiger charge is 2.28. The van der Waals surface area contributed by atoms with Crippen LogP contribution >= 0.6 is 0 Å². The number of fused-ring (bicyclic) bond motifs is 1. The van der Waals surface area contributed by atoms with Crippen molar-refractivity contribution in [3.05, 3.63) is 76.6 Å². The van der Waals surface area contributed by atoms with Crippen molar-refractivity contribution in [1.82, 2.24) is 9.55 Å². The van der Waals surface area contributed by atoms with Gasteiger partial charge in [0.15, 0.2) is 12.3 Å². The number of ether oxygens (including phenoxy) is 2. The second-order valence-electron chi connectivity index (χ2n) is 7.59. The first-order valence-corrected chi connectivity index (χ1v) is 10.4. The Bertz CT molecular complexity index is 1460. The minimum Gasteiger partial charge on any atom is -0.497 e. The van der Waals surface area contributed by atoms with Crippen molar-refractivity contribution in [2.75, 3.05) is 26.5 Å². The number of rotatable bonds is 6. The van der Waals surface area contributed by atoms with Crippen LogP contribution in [0.2, 0.25) is 0 Å². The molecule has 0 aliphatic rings. The van der Waals surface area contributed by atoms with E-state index in [1.807, 2.05) is 0 Å². The van der Waals surface area contributed by atoms with Crippen molar-refractivity contribution in [1.29, 1.82) is 0 Å². The molecule has 0 saturated heterocycles. The monoisotopic (exact) mass is 482 g/mol. The molecule has 2 N–H and O–H groups in total. The van der Waals surface area contributed by atoms with Crippen LogP contribution < -0.4 is 20.8 Å². The van der Waals surface area contributed by atoms with E-state index in [2.05, 4.69) is 9.98 Å². The summed E-state index contributed by atoms with van der Waals surface area (Å²) >= 11 is 0. The summed E-state index contributed by atoms with van der Waals surface area (Å²) in [4.78, 5) is 21.9. The Labute approximate surface area is 198 Å². The third-order valence-corrected chi connectivity index (χ3v) is 5.21. The van der Waals surface area contributed by atoms with Crippen LogP contribution in [0.3, 0.4) is 0 Å². The summed E-state index contributed by atoms with van der Waals surface area (Å²) in [5.41, 5.74) is 8.29. The summed E-state index contributed by atoms with van der Waals surface area (Å²) in [5, 5.41) is 0.525. The average molecular weight is 482 g/mol. The fraction of sp³-hybridized carbons (Fsp3) is 0.160. The Balaban J connectivity index is 1.95.